The maximum absolute atomic E-state index is 12.1. The topological polar surface area (TPSA) is 90.9 Å². The molecule has 1 heterocycles. The molecule has 1 aromatic heterocycles. The molecule has 0 radical (unpaired) electrons. The van der Waals surface area contributed by atoms with E-state index in [9.17, 15) is 10.1 Å². The highest BCUT2D eigenvalue weighted by Crippen LogP contribution is 2.35. The molecule has 1 fully saturated rings. The van der Waals surface area contributed by atoms with E-state index >= 15 is 0 Å². The molecule has 0 bridgehead atoms. The molecule has 0 aromatic carbocycles. The minimum atomic E-state index is -0.157. The normalized spacial score (nSPS) is 13.7. The largest absolute Gasteiger partial charge is 0.396 e. The van der Waals surface area contributed by atoms with Crippen LogP contribution in [0.3, 0.4) is 0 Å². The molecule has 1 aliphatic carbocycles. The number of amides is 1. The number of carbonyl (C=O) groups is 1. The molecule has 0 saturated heterocycles. The standard InChI is InChI=1S/C15H22N4OS/c1-2-3-4-5-8-18-15-11(9-16)12(17)13(21-15)14(20)19-10-6-7-10/h10,18H,2-8,17H2,1H3,(H,19,20). The first-order valence-electron chi connectivity index (χ1n) is 7.54. The number of hydrogen-bond acceptors (Lipinski definition) is 5. The number of hydrogen-bond donors (Lipinski definition) is 3. The van der Waals surface area contributed by atoms with Crippen LogP contribution in [0, 0.1) is 11.3 Å². The second-order valence-corrected chi connectivity index (χ2v) is 6.42. The Balaban J connectivity index is 1.99. The lowest BCUT2D eigenvalue weighted by Crippen LogP contribution is -2.25. The lowest BCUT2D eigenvalue weighted by atomic mass is 10.2. The monoisotopic (exact) mass is 306 g/mol. The van der Waals surface area contributed by atoms with Crippen LogP contribution in [0.1, 0.15) is 60.7 Å². The van der Waals surface area contributed by atoms with E-state index in [1.807, 2.05) is 0 Å². The Labute approximate surface area is 129 Å². The van der Waals surface area contributed by atoms with Crippen LogP contribution in [-0.2, 0) is 0 Å². The van der Waals surface area contributed by atoms with Crippen LogP contribution < -0.4 is 16.4 Å². The maximum atomic E-state index is 12.1. The molecule has 1 aliphatic rings. The summed E-state index contributed by atoms with van der Waals surface area (Å²) in [4.78, 5) is 12.5. The van der Waals surface area contributed by atoms with E-state index < -0.39 is 0 Å². The van der Waals surface area contributed by atoms with Gasteiger partial charge in [0.2, 0.25) is 0 Å². The van der Waals surface area contributed by atoms with Gasteiger partial charge in [-0.3, -0.25) is 4.79 Å². The summed E-state index contributed by atoms with van der Waals surface area (Å²) in [5.74, 6) is -0.157. The summed E-state index contributed by atoms with van der Waals surface area (Å²) in [5.41, 5.74) is 6.65. The van der Waals surface area contributed by atoms with Gasteiger partial charge in [-0.1, -0.05) is 26.2 Å². The van der Waals surface area contributed by atoms with E-state index in [2.05, 4.69) is 23.6 Å². The number of unbranched alkanes of at least 4 members (excludes halogenated alkanes) is 3. The van der Waals surface area contributed by atoms with Gasteiger partial charge in [0.1, 0.15) is 21.5 Å². The molecule has 1 amide bonds. The second-order valence-electron chi connectivity index (χ2n) is 5.40. The van der Waals surface area contributed by atoms with Crippen LogP contribution in [0.15, 0.2) is 0 Å². The fourth-order valence-electron chi connectivity index (χ4n) is 2.08. The summed E-state index contributed by atoms with van der Waals surface area (Å²) >= 11 is 1.28. The van der Waals surface area contributed by atoms with Gasteiger partial charge in [0.25, 0.3) is 5.91 Å². The average Bonchev–Trinajstić information content (AvgIpc) is 3.21. The number of nitrogens with one attached hydrogen (secondary N) is 2. The van der Waals surface area contributed by atoms with Crippen molar-refractivity contribution in [3.63, 3.8) is 0 Å². The molecular formula is C15H22N4OS. The van der Waals surface area contributed by atoms with Crippen molar-refractivity contribution in [1.29, 1.82) is 5.26 Å². The van der Waals surface area contributed by atoms with Crippen LogP contribution in [0.4, 0.5) is 10.7 Å². The summed E-state index contributed by atoms with van der Waals surface area (Å²) in [6.45, 7) is 2.98. The number of nitrogens with zero attached hydrogens (tertiary/aromatic N) is 1. The number of nitrogens with two attached hydrogens (primary N) is 1. The lowest BCUT2D eigenvalue weighted by Gasteiger charge is -2.03. The number of rotatable bonds is 8. The van der Waals surface area contributed by atoms with Gasteiger partial charge in [-0.2, -0.15) is 5.26 Å². The third-order valence-electron chi connectivity index (χ3n) is 3.49. The molecule has 4 N–H and O–H groups in total. The first-order valence-corrected chi connectivity index (χ1v) is 8.36. The number of carbonyl (C=O) groups excluding carboxylic acids is 1. The summed E-state index contributed by atoms with van der Waals surface area (Å²) in [6, 6.07) is 2.39. The van der Waals surface area contributed by atoms with E-state index in [0.29, 0.717) is 21.1 Å². The highest BCUT2D eigenvalue weighted by atomic mass is 32.1. The maximum Gasteiger partial charge on any atom is 0.263 e. The molecule has 5 nitrogen and oxygen atoms in total. The fourth-order valence-corrected chi connectivity index (χ4v) is 3.08. The number of nitriles is 1. The zero-order valence-electron chi connectivity index (χ0n) is 12.4. The van der Waals surface area contributed by atoms with Crippen molar-refractivity contribution in [3.8, 4) is 6.07 Å². The van der Waals surface area contributed by atoms with Gasteiger partial charge in [-0.05, 0) is 19.3 Å². The summed E-state index contributed by atoms with van der Waals surface area (Å²) in [7, 11) is 0. The molecule has 0 aliphatic heterocycles. The molecule has 114 valence electrons. The van der Waals surface area contributed by atoms with Gasteiger partial charge in [-0.15, -0.1) is 11.3 Å². The van der Waals surface area contributed by atoms with E-state index in [1.54, 1.807) is 0 Å². The van der Waals surface area contributed by atoms with Gasteiger partial charge in [0.15, 0.2) is 0 Å². The van der Waals surface area contributed by atoms with Gasteiger partial charge in [0, 0.05) is 12.6 Å². The minimum Gasteiger partial charge on any atom is -0.396 e. The van der Waals surface area contributed by atoms with Crippen molar-refractivity contribution < 1.29 is 4.79 Å². The van der Waals surface area contributed by atoms with Crippen molar-refractivity contribution in [2.24, 2.45) is 0 Å². The number of anilines is 2. The van der Waals surface area contributed by atoms with Crippen LogP contribution >= 0.6 is 11.3 Å². The Hall–Kier alpha value is -1.74. The summed E-state index contributed by atoms with van der Waals surface area (Å²) in [6.07, 6.45) is 6.70. The lowest BCUT2D eigenvalue weighted by molar-refractivity contribution is 0.0956. The van der Waals surface area contributed by atoms with Gasteiger partial charge >= 0.3 is 0 Å². The predicted octanol–water partition coefficient (Wildman–Crippen LogP) is 3.09. The van der Waals surface area contributed by atoms with Crippen molar-refractivity contribution in [2.75, 3.05) is 17.6 Å². The first kappa shape index (κ1) is 15.6. The van der Waals surface area contributed by atoms with Gasteiger partial charge in [0.05, 0.1) is 5.69 Å². The molecular weight excluding hydrogens is 284 g/mol. The summed E-state index contributed by atoms with van der Waals surface area (Å²) < 4.78 is 0. The third kappa shape index (κ3) is 4.11. The molecule has 0 spiro atoms. The molecule has 2 rings (SSSR count). The minimum absolute atomic E-state index is 0.157. The quantitative estimate of drug-likeness (QED) is 0.644. The SMILES string of the molecule is CCCCCCNc1sc(C(=O)NC2CC2)c(N)c1C#N. The Morgan fingerprint density at radius 2 is 2.19 bits per heavy atom. The summed E-state index contributed by atoms with van der Waals surface area (Å²) in [5, 5.41) is 16.1. The van der Waals surface area contributed by atoms with Crippen molar-refractivity contribution >= 4 is 27.9 Å². The molecule has 0 unspecified atom stereocenters. The molecule has 21 heavy (non-hydrogen) atoms. The molecule has 6 heteroatoms. The van der Waals surface area contributed by atoms with E-state index in [0.717, 1.165) is 25.8 Å². The van der Waals surface area contributed by atoms with Crippen LogP contribution in [0.5, 0.6) is 0 Å². The highest BCUT2D eigenvalue weighted by Gasteiger charge is 2.27. The second kappa shape index (κ2) is 7.32. The van der Waals surface area contributed by atoms with Gasteiger partial charge < -0.3 is 16.4 Å². The molecule has 1 saturated carbocycles. The zero-order chi connectivity index (χ0) is 15.2. The van der Waals surface area contributed by atoms with Crippen molar-refractivity contribution in [3.05, 3.63) is 10.4 Å². The highest BCUT2D eigenvalue weighted by molar-refractivity contribution is 7.18. The van der Waals surface area contributed by atoms with E-state index in [-0.39, 0.29) is 11.9 Å². The average molecular weight is 306 g/mol. The number of nitrogen functional groups attached to an aromatic ring is 1. The zero-order valence-corrected chi connectivity index (χ0v) is 13.2. The third-order valence-corrected chi connectivity index (χ3v) is 4.65. The van der Waals surface area contributed by atoms with E-state index in [1.165, 1.54) is 30.6 Å². The van der Waals surface area contributed by atoms with E-state index in [4.69, 9.17) is 5.73 Å². The molecule has 0 atom stereocenters. The van der Waals surface area contributed by atoms with Crippen LogP contribution in [0.2, 0.25) is 0 Å². The van der Waals surface area contributed by atoms with Crippen molar-refractivity contribution in [2.45, 2.75) is 51.5 Å². The molecule has 1 aromatic rings. The smallest absolute Gasteiger partial charge is 0.263 e. The van der Waals surface area contributed by atoms with Crippen LogP contribution in [0.25, 0.3) is 0 Å². The Morgan fingerprint density at radius 1 is 1.43 bits per heavy atom. The van der Waals surface area contributed by atoms with Gasteiger partial charge in [-0.25, -0.2) is 0 Å². The Kier molecular flexibility index (Phi) is 5.45. The van der Waals surface area contributed by atoms with Crippen LogP contribution in [-0.4, -0.2) is 18.5 Å². The van der Waals surface area contributed by atoms with Crippen molar-refractivity contribution in [1.82, 2.24) is 5.32 Å². The number of thiophene rings is 1. The Morgan fingerprint density at radius 3 is 2.81 bits per heavy atom. The Bertz CT molecular complexity index is 543. The first-order chi connectivity index (χ1) is 10.2. The fraction of sp³-hybridized carbons (Fsp3) is 0.600. The predicted molar refractivity (Wildman–Crippen MR) is 86.6 cm³/mol.